The molecule has 3 aromatic heterocycles. The second kappa shape index (κ2) is 6.55. The summed E-state index contributed by atoms with van der Waals surface area (Å²) in [6.45, 7) is 2.39. The van der Waals surface area contributed by atoms with Crippen LogP contribution in [0.25, 0.3) is 16.6 Å². The van der Waals surface area contributed by atoms with Crippen LogP contribution in [-0.2, 0) is 6.42 Å². The number of hydrogen-bond donors (Lipinski definition) is 2. The molecule has 4 rings (SSSR count). The Labute approximate surface area is 150 Å². The summed E-state index contributed by atoms with van der Waals surface area (Å²) in [6, 6.07) is 11.8. The van der Waals surface area contributed by atoms with Crippen LogP contribution in [0.2, 0.25) is 0 Å². The van der Waals surface area contributed by atoms with Crippen molar-refractivity contribution in [1.29, 1.82) is 0 Å². The van der Waals surface area contributed by atoms with Gasteiger partial charge in [-0.3, -0.25) is 9.20 Å². The predicted molar refractivity (Wildman–Crippen MR) is 101 cm³/mol. The van der Waals surface area contributed by atoms with Gasteiger partial charge in [-0.15, -0.1) is 0 Å². The van der Waals surface area contributed by atoms with Gasteiger partial charge in [-0.1, -0.05) is 18.2 Å². The number of amides is 1. The molecule has 0 spiro atoms. The van der Waals surface area contributed by atoms with Gasteiger partial charge in [0, 0.05) is 29.8 Å². The summed E-state index contributed by atoms with van der Waals surface area (Å²) >= 11 is 0. The molecule has 6 heteroatoms. The van der Waals surface area contributed by atoms with Crippen LogP contribution in [0, 0.1) is 6.92 Å². The minimum atomic E-state index is -0.136. The molecule has 1 amide bonds. The standard InChI is InChI=1S/C20H20N4O2/c1-13-18(24-11-5-8-17(26-2)19(24)23-13)20(25)21-10-9-14-12-22-16-7-4-3-6-15(14)16/h3-8,11-12,22H,9-10H2,1-2H3,(H,21,25). The lowest BCUT2D eigenvalue weighted by atomic mass is 10.1. The molecule has 3 heterocycles. The number of carbonyl (C=O) groups is 1. The van der Waals surface area contributed by atoms with Crippen LogP contribution >= 0.6 is 0 Å². The smallest absolute Gasteiger partial charge is 0.270 e. The van der Waals surface area contributed by atoms with Crippen molar-refractivity contribution < 1.29 is 9.53 Å². The number of nitrogens with one attached hydrogen (secondary N) is 2. The highest BCUT2D eigenvalue weighted by Gasteiger charge is 2.18. The molecule has 6 nitrogen and oxygen atoms in total. The van der Waals surface area contributed by atoms with Gasteiger partial charge >= 0.3 is 0 Å². The predicted octanol–water partition coefficient (Wildman–Crippen LogP) is 3.11. The first-order chi connectivity index (χ1) is 12.7. The summed E-state index contributed by atoms with van der Waals surface area (Å²) in [5, 5.41) is 4.20. The Kier molecular flexibility index (Phi) is 4.08. The number of aromatic amines is 1. The molecule has 0 saturated carbocycles. The molecule has 0 fully saturated rings. The zero-order valence-corrected chi connectivity index (χ0v) is 14.7. The van der Waals surface area contributed by atoms with Crippen molar-refractivity contribution in [3.63, 3.8) is 0 Å². The minimum Gasteiger partial charge on any atom is -0.493 e. The molecule has 26 heavy (non-hydrogen) atoms. The van der Waals surface area contributed by atoms with Gasteiger partial charge in [0.15, 0.2) is 11.4 Å². The van der Waals surface area contributed by atoms with E-state index >= 15 is 0 Å². The Morgan fingerprint density at radius 3 is 2.96 bits per heavy atom. The maximum Gasteiger partial charge on any atom is 0.270 e. The molecule has 0 aliphatic rings. The molecule has 4 aromatic rings. The van der Waals surface area contributed by atoms with Gasteiger partial charge in [0.1, 0.15) is 5.69 Å². The molecule has 2 N–H and O–H groups in total. The largest absolute Gasteiger partial charge is 0.493 e. The van der Waals surface area contributed by atoms with E-state index < -0.39 is 0 Å². The number of aryl methyl sites for hydroxylation is 1. The fraction of sp³-hybridized carbons (Fsp3) is 0.200. The number of H-pyrrole nitrogens is 1. The van der Waals surface area contributed by atoms with E-state index in [4.69, 9.17) is 4.74 Å². The van der Waals surface area contributed by atoms with Crippen LogP contribution in [0.5, 0.6) is 5.75 Å². The summed E-state index contributed by atoms with van der Waals surface area (Å²) < 4.78 is 7.10. The summed E-state index contributed by atoms with van der Waals surface area (Å²) in [4.78, 5) is 20.4. The number of ether oxygens (including phenoxy) is 1. The molecule has 1 aromatic carbocycles. The normalized spacial score (nSPS) is 11.2. The SMILES string of the molecule is COc1cccn2c(C(=O)NCCc3c[nH]c4ccccc34)c(C)nc12. The number of benzene rings is 1. The van der Waals surface area contributed by atoms with Crippen LogP contribution in [0.15, 0.2) is 48.8 Å². The highest BCUT2D eigenvalue weighted by atomic mass is 16.5. The van der Waals surface area contributed by atoms with Gasteiger partial charge in [0.25, 0.3) is 5.91 Å². The fourth-order valence-corrected chi connectivity index (χ4v) is 3.32. The van der Waals surface area contributed by atoms with E-state index in [2.05, 4.69) is 21.4 Å². The molecular formula is C20H20N4O2. The number of nitrogens with zero attached hydrogens (tertiary/aromatic N) is 2. The van der Waals surface area contributed by atoms with Gasteiger partial charge in [-0.25, -0.2) is 4.98 Å². The van der Waals surface area contributed by atoms with Gasteiger partial charge in [-0.2, -0.15) is 0 Å². The van der Waals surface area contributed by atoms with Crippen molar-refractivity contribution in [3.8, 4) is 5.75 Å². The maximum atomic E-state index is 12.7. The van der Waals surface area contributed by atoms with Crippen LogP contribution in [0.4, 0.5) is 0 Å². The second-order valence-electron chi connectivity index (χ2n) is 6.18. The Morgan fingerprint density at radius 1 is 1.27 bits per heavy atom. The molecule has 0 radical (unpaired) electrons. The molecule has 0 aliphatic heterocycles. The highest BCUT2D eigenvalue weighted by molar-refractivity contribution is 5.95. The van der Waals surface area contributed by atoms with Crippen molar-refractivity contribution >= 4 is 22.5 Å². The lowest BCUT2D eigenvalue weighted by Crippen LogP contribution is -2.27. The van der Waals surface area contributed by atoms with E-state index in [1.165, 1.54) is 10.9 Å². The summed E-state index contributed by atoms with van der Waals surface area (Å²) in [6.07, 6.45) is 4.59. The fourth-order valence-electron chi connectivity index (χ4n) is 3.32. The number of hydrogen-bond acceptors (Lipinski definition) is 3. The molecule has 0 aliphatic carbocycles. The zero-order chi connectivity index (χ0) is 18.1. The highest BCUT2D eigenvalue weighted by Crippen LogP contribution is 2.22. The number of para-hydroxylation sites is 1. The van der Waals surface area contributed by atoms with Gasteiger partial charge < -0.3 is 15.0 Å². The van der Waals surface area contributed by atoms with E-state index in [9.17, 15) is 4.79 Å². The van der Waals surface area contributed by atoms with Crippen LogP contribution < -0.4 is 10.1 Å². The zero-order valence-electron chi connectivity index (χ0n) is 14.7. The number of pyridine rings is 1. The first-order valence-electron chi connectivity index (χ1n) is 8.54. The number of aromatic nitrogens is 3. The Hall–Kier alpha value is -3.28. The van der Waals surface area contributed by atoms with E-state index in [0.717, 1.165) is 11.9 Å². The molecule has 132 valence electrons. The molecule has 0 atom stereocenters. The first-order valence-corrected chi connectivity index (χ1v) is 8.54. The first kappa shape index (κ1) is 16.2. The summed E-state index contributed by atoms with van der Waals surface area (Å²) in [7, 11) is 1.60. The average Bonchev–Trinajstić information content (AvgIpc) is 3.21. The third-order valence-electron chi connectivity index (χ3n) is 4.58. The number of carbonyl (C=O) groups excluding carboxylic acids is 1. The second-order valence-corrected chi connectivity index (χ2v) is 6.18. The lowest BCUT2D eigenvalue weighted by molar-refractivity contribution is 0.0947. The summed E-state index contributed by atoms with van der Waals surface area (Å²) in [5.74, 6) is 0.511. The lowest BCUT2D eigenvalue weighted by Gasteiger charge is -2.07. The Morgan fingerprint density at radius 2 is 2.12 bits per heavy atom. The van der Waals surface area contributed by atoms with E-state index in [1.807, 2.05) is 49.6 Å². The van der Waals surface area contributed by atoms with Crippen molar-refractivity contribution in [2.24, 2.45) is 0 Å². The van der Waals surface area contributed by atoms with Gasteiger partial charge in [-0.05, 0) is 37.1 Å². The maximum absolute atomic E-state index is 12.7. The Balaban J connectivity index is 1.52. The topological polar surface area (TPSA) is 71.4 Å². The minimum absolute atomic E-state index is 0.136. The monoisotopic (exact) mass is 348 g/mol. The van der Waals surface area contributed by atoms with Crippen LogP contribution in [-0.4, -0.2) is 33.9 Å². The molecule has 0 saturated heterocycles. The quantitative estimate of drug-likeness (QED) is 0.582. The third kappa shape index (κ3) is 2.69. The average molecular weight is 348 g/mol. The Bertz CT molecular complexity index is 1090. The van der Waals surface area contributed by atoms with Gasteiger partial charge in [0.05, 0.1) is 12.8 Å². The number of methoxy groups -OCH3 is 1. The van der Waals surface area contributed by atoms with E-state index in [-0.39, 0.29) is 5.91 Å². The van der Waals surface area contributed by atoms with Crippen molar-refractivity contribution in [3.05, 3.63) is 65.7 Å². The van der Waals surface area contributed by atoms with E-state index in [1.54, 1.807) is 11.5 Å². The van der Waals surface area contributed by atoms with Crippen molar-refractivity contribution in [1.82, 2.24) is 19.7 Å². The van der Waals surface area contributed by atoms with Gasteiger partial charge in [0.2, 0.25) is 0 Å². The number of imidazole rings is 1. The number of fused-ring (bicyclic) bond motifs is 2. The van der Waals surface area contributed by atoms with E-state index in [0.29, 0.717) is 29.3 Å². The molecule has 0 bridgehead atoms. The molecule has 0 unspecified atom stereocenters. The van der Waals surface area contributed by atoms with Crippen molar-refractivity contribution in [2.75, 3.05) is 13.7 Å². The molecular weight excluding hydrogens is 328 g/mol. The summed E-state index contributed by atoms with van der Waals surface area (Å²) in [5.41, 5.74) is 4.17. The number of rotatable bonds is 5. The van der Waals surface area contributed by atoms with Crippen molar-refractivity contribution in [2.45, 2.75) is 13.3 Å². The van der Waals surface area contributed by atoms with Crippen LogP contribution in [0.3, 0.4) is 0 Å². The third-order valence-corrected chi connectivity index (χ3v) is 4.58. The van der Waals surface area contributed by atoms with Crippen LogP contribution in [0.1, 0.15) is 21.7 Å².